The summed E-state index contributed by atoms with van der Waals surface area (Å²) in [6, 6.07) is 8.50. The number of piperazine rings is 1. The van der Waals surface area contributed by atoms with E-state index < -0.39 is 0 Å². The molecule has 1 saturated carbocycles. The van der Waals surface area contributed by atoms with Crippen LogP contribution in [0.5, 0.6) is 0 Å². The SMILES string of the molecule is Cc1ccc(C2(C(=O)N3CCN(CCOCCO)CC3)CC2(C)C)cc1. The highest BCUT2D eigenvalue weighted by Gasteiger charge is 2.67. The Morgan fingerprint density at radius 2 is 1.73 bits per heavy atom. The van der Waals surface area contributed by atoms with Crippen molar-refractivity contribution in [3.63, 3.8) is 0 Å². The largest absolute Gasteiger partial charge is 0.394 e. The van der Waals surface area contributed by atoms with Crippen molar-refractivity contribution in [2.45, 2.75) is 32.6 Å². The number of aryl methyl sites for hydroxylation is 1. The van der Waals surface area contributed by atoms with Gasteiger partial charge >= 0.3 is 0 Å². The number of hydrogen-bond acceptors (Lipinski definition) is 4. The average molecular weight is 360 g/mol. The fourth-order valence-electron chi connectivity index (χ4n) is 4.24. The lowest BCUT2D eigenvalue weighted by atomic mass is 9.86. The van der Waals surface area contributed by atoms with Crippen molar-refractivity contribution in [1.82, 2.24) is 9.80 Å². The Morgan fingerprint density at radius 3 is 2.27 bits per heavy atom. The molecule has 1 saturated heterocycles. The highest BCUT2D eigenvalue weighted by atomic mass is 16.5. The molecule has 1 atom stereocenters. The molecule has 1 aliphatic carbocycles. The number of hydrogen-bond donors (Lipinski definition) is 1. The van der Waals surface area contributed by atoms with Crippen LogP contribution in [0.15, 0.2) is 24.3 Å². The first kappa shape index (κ1) is 19.3. The van der Waals surface area contributed by atoms with Gasteiger partial charge in [0.05, 0.1) is 25.2 Å². The minimum absolute atomic E-state index is 0.0224. The molecule has 0 bridgehead atoms. The molecule has 1 aromatic rings. The Morgan fingerprint density at radius 1 is 1.12 bits per heavy atom. The Labute approximate surface area is 156 Å². The van der Waals surface area contributed by atoms with Gasteiger partial charge in [0.1, 0.15) is 0 Å². The second kappa shape index (κ2) is 7.67. The standard InChI is InChI=1S/C21H32N2O3/c1-17-4-6-18(7-5-17)21(16-20(21,2)3)19(25)23-10-8-22(9-11-23)12-14-26-15-13-24/h4-7,24H,8-16H2,1-3H3. The van der Waals surface area contributed by atoms with Crippen LogP contribution in [0.1, 0.15) is 31.4 Å². The number of ether oxygens (including phenoxy) is 1. The van der Waals surface area contributed by atoms with Crippen LogP contribution in [-0.4, -0.2) is 73.4 Å². The van der Waals surface area contributed by atoms with E-state index in [9.17, 15) is 4.79 Å². The summed E-state index contributed by atoms with van der Waals surface area (Å²) in [4.78, 5) is 17.8. The summed E-state index contributed by atoms with van der Waals surface area (Å²) in [5, 5.41) is 8.75. The molecule has 5 nitrogen and oxygen atoms in total. The monoisotopic (exact) mass is 360 g/mol. The van der Waals surface area contributed by atoms with E-state index in [1.54, 1.807) is 0 Å². The van der Waals surface area contributed by atoms with Crippen molar-refractivity contribution >= 4 is 5.91 Å². The Kier molecular flexibility index (Phi) is 5.70. The van der Waals surface area contributed by atoms with E-state index in [1.807, 2.05) is 0 Å². The zero-order valence-electron chi connectivity index (χ0n) is 16.3. The molecular weight excluding hydrogens is 328 g/mol. The Bertz CT molecular complexity index is 621. The topological polar surface area (TPSA) is 53.0 Å². The van der Waals surface area contributed by atoms with Gasteiger partial charge in [0.15, 0.2) is 0 Å². The Balaban J connectivity index is 1.61. The smallest absolute Gasteiger partial charge is 0.233 e. The first-order valence-corrected chi connectivity index (χ1v) is 9.68. The summed E-state index contributed by atoms with van der Waals surface area (Å²) in [5.41, 5.74) is 2.06. The summed E-state index contributed by atoms with van der Waals surface area (Å²) in [5.74, 6) is 0.294. The quantitative estimate of drug-likeness (QED) is 0.754. The van der Waals surface area contributed by atoms with Crippen LogP contribution >= 0.6 is 0 Å². The molecule has 1 amide bonds. The third kappa shape index (κ3) is 3.66. The molecule has 144 valence electrons. The maximum absolute atomic E-state index is 13.4. The van der Waals surface area contributed by atoms with Crippen LogP contribution in [0, 0.1) is 12.3 Å². The average Bonchev–Trinajstić information content (AvgIpc) is 3.23. The predicted molar refractivity (Wildman–Crippen MR) is 102 cm³/mol. The third-order valence-corrected chi connectivity index (χ3v) is 6.09. The highest BCUT2D eigenvalue weighted by Crippen LogP contribution is 2.65. The summed E-state index contributed by atoms with van der Waals surface area (Å²) in [6.45, 7) is 11.8. The number of rotatable bonds is 7. The van der Waals surface area contributed by atoms with E-state index in [0.717, 1.165) is 44.7 Å². The first-order chi connectivity index (χ1) is 12.4. The molecule has 1 unspecified atom stereocenters. The van der Waals surface area contributed by atoms with Gasteiger partial charge in [-0.25, -0.2) is 0 Å². The van der Waals surface area contributed by atoms with Crippen molar-refractivity contribution in [2.75, 3.05) is 52.5 Å². The zero-order valence-corrected chi connectivity index (χ0v) is 16.3. The van der Waals surface area contributed by atoms with E-state index in [4.69, 9.17) is 9.84 Å². The number of benzene rings is 1. The number of nitrogens with zero attached hydrogens (tertiary/aromatic N) is 2. The number of amides is 1. The van der Waals surface area contributed by atoms with Gasteiger partial charge in [0, 0.05) is 32.7 Å². The molecule has 1 heterocycles. The fourth-order valence-corrected chi connectivity index (χ4v) is 4.24. The maximum atomic E-state index is 13.4. The minimum atomic E-state index is -0.354. The minimum Gasteiger partial charge on any atom is -0.394 e. The first-order valence-electron chi connectivity index (χ1n) is 9.68. The molecule has 26 heavy (non-hydrogen) atoms. The van der Waals surface area contributed by atoms with Crippen molar-refractivity contribution in [3.8, 4) is 0 Å². The lowest BCUT2D eigenvalue weighted by Gasteiger charge is -2.37. The fraction of sp³-hybridized carbons (Fsp3) is 0.667. The van der Waals surface area contributed by atoms with Crippen molar-refractivity contribution in [3.05, 3.63) is 35.4 Å². The molecule has 1 N–H and O–H groups in total. The second-order valence-corrected chi connectivity index (χ2v) is 8.30. The van der Waals surface area contributed by atoms with Gasteiger partial charge in [-0.2, -0.15) is 0 Å². The summed E-state index contributed by atoms with van der Waals surface area (Å²) >= 11 is 0. The van der Waals surface area contributed by atoms with Gasteiger partial charge in [-0.15, -0.1) is 0 Å². The van der Waals surface area contributed by atoms with Gasteiger partial charge in [-0.05, 0) is 24.3 Å². The molecule has 5 heteroatoms. The van der Waals surface area contributed by atoms with E-state index in [0.29, 0.717) is 19.1 Å². The van der Waals surface area contributed by atoms with Crippen molar-refractivity contribution < 1.29 is 14.6 Å². The second-order valence-electron chi connectivity index (χ2n) is 8.30. The summed E-state index contributed by atoms with van der Waals surface area (Å²) in [7, 11) is 0. The van der Waals surface area contributed by atoms with Crippen molar-refractivity contribution in [2.24, 2.45) is 5.41 Å². The molecule has 3 rings (SSSR count). The van der Waals surface area contributed by atoms with Gasteiger partial charge in [0.2, 0.25) is 5.91 Å². The van der Waals surface area contributed by atoms with Gasteiger partial charge in [-0.1, -0.05) is 43.7 Å². The molecule has 2 aliphatic rings. The number of aliphatic hydroxyl groups is 1. The van der Waals surface area contributed by atoms with Crippen LogP contribution < -0.4 is 0 Å². The van der Waals surface area contributed by atoms with Crippen LogP contribution in [0.4, 0.5) is 0 Å². The molecule has 0 radical (unpaired) electrons. The maximum Gasteiger partial charge on any atom is 0.233 e. The van der Waals surface area contributed by atoms with Gasteiger partial charge in [0.25, 0.3) is 0 Å². The van der Waals surface area contributed by atoms with E-state index in [-0.39, 0.29) is 17.4 Å². The predicted octanol–water partition coefficient (Wildman–Crippen LogP) is 1.82. The number of carbonyl (C=O) groups is 1. The molecule has 1 aromatic carbocycles. The summed E-state index contributed by atoms with van der Waals surface area (Å²) in [6.07, 6.45) is 0.928. The molecule has 1 aliphatic heterocycles. The van der Waals surface area contributed by atoms with Crippen LogP contribution in [0.25, 0.3) is 0 Å². The highest BCUT2D eigenvalue weighted by molar-refractivity contribution is 5.93. The normalized spacial score (nSPS) is 25.3. The van der Waals surface area contributed by atoms with Gasteiger partial charge < -0.3 is 14.7 Å². The number of aliphatic hydroxyl groups excluding tert-OH is 1. The van der Waals surface area contributed by atoms with Crippen LogP contribution in [-0.2, 0) is 14.9 Å². The number of carbonyl (C=O) groups excluding carboxylic acids is 1. The van der Waals surface area contributed by atoms with Crippen molar-refractivity contribution in [1.29, 1.82) is 0 Å². The molecule has 0 aromatic heterocycles. The lowest BCUT2D eigenvalue weighted by molar-refractivity contribution is -0.136. The van der Waals surface area contributed by atoms with Crippen LogP contribution in [0.3, 0.4) is 0 Å². The van der Waals surface area contributed by atoms with E-state index >= 15 is 0 Å². The third-order valence-electron chi connectivity index (χ3n) is 6.09. The van der Waals surface area contributed by atoms with Crippen LogP contribution in [0.2, 0.25) is 0 Å². The van der Waals surface area contributed by atoms with Gasteiger partial charge in [-0.3, -0.25) is 9.69 Å². The van der Waals surface area contributed by atoms with E-state index in [1.165, 1.54) is 5.56 Å². The lowest BCUT2D eigenvalue weighted by Crippen LogP contribution is -2.52. The zero-order chi connectivity index (χ0) is 18.8. The van der Waals surface area contributed by atoms with E-state index in [2.05, 4.69) is 54.8 Å². The molecule has 2 fully saturated rings. The molecular formula is C21H32N2O3. The summed E-state index contributed by atoms with van der Waals surface area (Å²) < 4.78 is 5.35. The molecule has 0 spiro atoms. The Hall–Kier alpha value is -1.43.